The van der Waals surface area contributed by atoms with Crippen LogP contribution in [0, 0.1) is 0 Å². The molecule has 0 aliphatic heterocycles. The minimum atomic E-state index is -0.528. The Labute approximate surface area is 122 Å². The van der Waals surface area contributed by atoms with Crippen LogP contribution in [0.5, 0.6) is 0 Å². The molecule has 1 aromatic carbocycles. The van der Waals surface area contributed by atoms with E-state index in [2.05, 4.69) is 10.6 Å². The second kappa shape index (κ2) is 6.52. The van der Waals surface area contributed by atoms with E-state index < -0.39 is 6.04 Å². The maximum Gasteiger partial charge on any atom is 0.262 e. The summed E-state index contributed by atoms with van der Waals surface area (Å²) in [5.41, 5.74) is 0. The first-order valence-corrected chi connectivity index (χ1v) is 7.50. The van der Waals surface area contributed by atoms with E-state index in [0.717, 1.165) is 16.5 Å². The summed E-state index contributed by atoms with van der Waals surface area (Å²) in [7, 11) is 0. The van der Waals surface area contributed by atoms with Crippen molar-refractivity contribution in [2.75, 3.05) is 6.54 Å². The van der Waals surface area contributed by atoms with Crippen molar-refractivity contribution < 1.29 is 9.59 Å². The average Bonchev–Trinajstić information content (AvgIpc) is 2.88. The minimum Gasteiger partial charge on any atom is -0.354 e. The van der Waals surface area contributed by atoms with Gasteiger partial charge in [-0.15, -0.1) is 11.3 Å². The Morgan fingerprint density at radius 1 is 1.30 bits per heavy atom. The molecule has 5 heteroatoms. The van der Waals surface area contributed by atoms with E-state index in [0.29, 0.717) is 11.4 Å². The number of rotatable bonds is 5. The Kier molecular flexibility index (Phi) is 4.74. The smallest absolute Gasteiger partial charge is 0.262 e. The summed E-state index contributed by atoms with van der Waals surface area (Å²) in [5, 5.41) is 6.54. The lowest BCUT2D eigenvalue weighted by atomic mass is 10.2. The predicted molar refractivity (Wildman–Crippen MR) is 82.1 cm³/mol. The van der Waals surface area contributed by atoms with Gasteiger partial charge in [0.05, 0.1) is 4.88 Å². The Morgan fingerprint density at radius 3 is 2.75 bits per heavy atom. The van der Waals surface area contributed by atoms with Crippen molar-refractivity contribution in [2.45, 2.75) is 26.3 Å². The Hall–Kier alpha value is -1.88. The molecule has 1 atom stereocenters. The van der Waals surface area contributed by atoms with Crippen LogP contribution >= 0.6 is 11.3 Å². The van der Waals surface area contributed by atoms with Crippen molar-refractivity contribution in [3.63, 3.8) is 0 Å². The van der Waals surface area contributed by atoms with Crippen LogP contribution in [0.15, 0.2) is 30.3 Å². The first-order valence-electron chi connectivity index (χ1n) is 6.69. The standard InChI is InChI=1S/C15H18N2O2S/c1-3-8-16-14(18)10(2)17-15(19)13-9-11-6-4-5-7-12(11)20-13/h4-7,9-10H,3,8H2,1-2H3,(H,16,18)(H,17,19). The van der Waals surface area contributed by atoms with Crippen LogP contribution in [-0.2, 0) is 4.79 Å². The Bertz CT molecular complexity index is 588. The molecule has 0 aliphatic carbocycles. The summed E-state index contributed by atoms with van der Waals surface area (Å²) < 4.78 is 1.07. The van der Waals surface area contributed by atoms with Gasteiger partial charge in [-0.25, -0.2) is 0 Å². The third kappa shape index (κ3) is 3.36. The zero-order valence-electron chi connectivity index (χ0n) is 11.6. The molecule has 0 saturated heterocycles. The van der Waals surface area contributed by atoms with Crippen LogP contribution < -0.4 is 10.6 Å². The summed E-state index contributed by atoms with van der Waals surface area (Å²) in [6, 6.07) is 9.17. The summed E-state index contributed by atoms with van der Waals surface area (Å²) in [6.45, 7) is 4.30. The topological polar surface area (TPSA) is 58.2 Å². The van der Waals surface area contributed by atoms with Gasteiger partial charge in [0.2, 0.25) is 5.91 Å². The molecule has 1 aromatic heterocycles. The molecule has 0 bridgehead atoms. The number of thiophene rings is 1. The molecule has 2 aromatic rings. The van der Waals surface area contributed by atoms with Crippen LogP contribution in [0.2, 0.25) is 0 Å². The number of carbonyl (C=O) groups is 2. The third-order valence-electron chi connectivity index (χ3n) is 2.94. The van der Waals surface area contributed by atoms with E-state index in [1.54, 1.807) is 6.92 Å². The molecule has 106 valence electrons. The lowest BCUT2D eigenvalue weighted by molar-refractivity contribution is -0.122. The molecule has 0 radical (unpaired) electrons. The lowest BCUT2D eigenvalue weighted by Crippen LogP contribution is -2.44. The van der Waals surface area contributed by atoms with Gasteiger partial charge in [-0.2, -0.15) is 0 Å². The SMILES string of the molecule is CCCNC(=O)C(C)NC(=O)c1cc2ccccc2s1. The largest absolute Gasteiger partial charge is 0.354 e. The van der Waals surface area contributed by atoms with Gasteiger partial charge in [0, 0.05) is 11.2 Å². The van der Waals surface area contributed by atoms with Gasteiger partial charge < -0.3 is 10.6 Å². The number of carbonyl (C=O) groups excluding carboxylic acids is 2. The number of nitrogens with one attached hydrogen (secondary N) is 2. The zero-order chi connectivity index (χ0) is 14.5. The summed E-state index contributed by atoms with van der Waals surface area (Å²) in [6.07, 6.45) is 0.878. The quantitative estimate of drug-likeness (QED) is 0.889. The number of amides is 2. The van der Waals surface area contributed by atoms with Gasteiger partial charge in [-0.1, -0.05) is 25.1 Å². The Balaban J connectivity index is 2.02. The second-order valence-corrected chi connectivity index (χ2v) is 5.72. The predicted octanol–water partition coefficient (Wildman–Crippen LogP) is 2.55. The number of hydrogen-bond acceptors (Lipinski definition) is 3. The number of benzene rings is 1. The maximum absolute atomic E-state index is 12.1. The zero-order valence-corrected chi connectivity index (χ0v) is 12.4. The molecule has 1 heterocycles. The molecule has 20 heavy (non-hydrogen) atoms. The van der Waals surface area contributed by atoms with Crippen molar-refractivity contribution in [3.05, 3.63) is 35.2 Å². The summed E-state index contributed by atoms with van der Waals surface area (Å²) in [5.74, 6) is -0.355. The molecule has 0 aliphatic rings. The molecular formula is C15H18N2O2S. The molecule has 1 unspecified atom stereocenters. The van der Waals surface area contributed by atoms with Crippen LogP contribution in [0.1, 0.15) is 29.9 Å². The van der Waals surface area contributed by atoms with E-state index in [9.17, 15) is 9.59 Å². The first kappa shape index (κ1) is 14.5. The highest BCUT2D eigenvalue weighted by molar-refractivity contribution is 7.20. The van der Waals surface area contributed by atoms with E-state index in [1.807, 2.05) is 37.3 Å². The Morgan fingerprint density at radius 2 is 2.05 bits per heavy atom. The minimum absolute atomic E-state index is 0.152. The van der Waals surface area contributed by atoms with Crippen molar-refractivity contribution in [1.29, 1.82) is 0 Å². The van der Waals surface area contributed by atoms with Crippen molar-refractivity contribution in [3.8, 4) is 0 Å². The van der Waals surface area contributed by atoms with E-state index in [1.165, 1.54) is 11.3 Å². The van der Waals surface area contributed by atoms with Gasteiger partial charge in [-0.05, 0) is 30.9 Å². The summed E-state index contributed by atoms with van der Waals surface area (Å²) >= 11 is 1.43. The average molecular weight is 290 g/mol. The van der Waals surface area contributed by atoms with Gasteiger partial charge in [0.15, 0.2) is 0 Å². The van der Waals surface area contributed by atoms with Crippen LogP contribution in [-0.4, -0.2) is 24.4 Å². The van der Waals surface area contributed by atoms with Gasteiger partial charge in [-0.3, -0.25) is 9.59 Å². The fourth-order valence-corrected chi connectivity index (χ4v) is 2.79. The van der Waals surface area contributed by atoms with Gasteiger partial charge >= 0.3 is 0 Å². The third-order valence-corrected chi connectivity index (χ3v) is 4.05. The molecule has 0 spiro atoms. The van der Waals surface area contributed by atoms with E-state index in [4.69, 9.17) is 0 Å². The molecule has 2 rings (SSSR count). The maximum atomic E-state index is 12.1. The molecule has 0 fully saturated rings. The fraction of sp³-hybridized carbons (Fsp3) is 0.333. The van der Waals surface area contributed by atoms with Gasteiger partial charge in [0.25, 0.3) is 5.91 Å². The normalized spacial score (nSPS) is 12.1. The molecule has 2 N–H and O–H groups in total. The first-order chi connectivity index (χ1) is 9.61. The molecular weight excluding hydrogens is 272 g/mol. The second-order valence-electron chi connectivity index (χ2n) is 4.63. The van der Waals surface area contributed by atoms with E-state index >= 15 is 0 Å². The van der Waals surface area contributed by atoms with Crippen molar-refractivity contribution >= 4 is 33.2 Å². The van der Waals surface area contributed by atoms with Crippen molar-refractivity contribution in [2.24, 2.45) is 0 Å². The number of fused-ring (bicyclic) bond motifs is 1. The number of hydrogen-bond donors (Lipinski definition) is 2. The van der Waals surface area contributed by atoms with Crippen molar-refractivity contribution in [1.82, 2.24) is 10.6 Å². The van der Waals surface area contributed by atoms with Crippen LogP contribution in [0.3, 0.4) is 0 Å². The van der Waals surface area contributed by atoms with Crippen LogP contribution in [0.25, 0.3) is 10.1 Å². The monoisotopic (exact) mass is 290 g/mol. The molecule has 4 nitrogen and oxygen atoms in total. The lowest BCUT2D eigenvalue weighted by Gasteiger charge is -2.12. The van der Waals surface area contributed by atoms with Crippen LogP contribution in [0.4, 0.5) is 0 Å². The highest BCUT2D eigenvalue weighted by Gasteiger charge is 2.17. The highest BCUT2D eigenvalue weighted by atomic mass is 32.1. The highest BCUT2D eigenvalue weighted by Crippen LogP contribution is 2.25. The molecule has 2 amide bonds. The fourth-order valence-electron chi connectivity index (χ4n) is 1.83. The van der Waals surface area contributed by atoms with Gasteiger partial charge in [0.1, 0.15) is 6.04 Å². The van der Waals surface area contributed by atoms with E-state index in [-0.39, 0.29) is 11.8 Å². The molecule has 0 saturated carbocycles. The summed E-state index contributed by atoms with van der Waals surface area (Å²) in [4.78, 5) is 24.5.